The molecule has 0 saturated carbocycles. The first-order chi connectivity index (χ1) is 5.68. The maximum absolute atomic E-state index is 11.1. The van der Waals surface area contributed by atoms with Gasteiger partial charge in [0.15, 0.2) is 5.06 Å². The van der Waals surface area contributed by atoms with Crippen molar-refractivity contribution in [1.82, 2.24) is 0 Å². The van der Waals surface area contributed by atoms with E-state index in [1.54, 1.807) is 6.07 Å². The Hall–Kier alpha value is -0.480. The normalized spacial score (nSPS) is 12.5. The number of carbonyl (C=O) groups excluding carboxylic acids is 1. The van der Waals surface area contributed by atoms with Gasteiger partial charge in [0, 0.05) is 5.25 Å². The van der Waals surface area contributed by atoms with E-state index in [-0.39, 0.29) is 11.2 Å². The summed E-state index contributed by atoms with van der Waals surface area (Å²) in [6, 6.07) is 3.61. The summed E-state index contributed by atoms with van der Waals surface area (Å²) in [6.45, 7) is 1.86. The summed E-state index contributed by atoms with van der Waals surface area (Å²) in [5, 5.41) is 2.57. The summed E-state index contributed by atoms with van der Waals surface area (Å²) in [6.07, 6.45) is 0.348. The van der Waals surface area contributed by atoms with Gasteiger partial charge < -0.3 is 4.74 Å². The molecule has 0 saturated heterocycles. The lowest BCUT2D eigenvalue weighted by Crippen LogP contribution is -2.11. The number of esters is 1. The highest BCUT2D eigenvalue weighted by Crippen LogP contribution is 2.19. The quantitative estimate of drug-likeness (QED) is 0.601. The first-order valence-electron chi connectivity index (χ1n) is 3.60. The Morgan fingerprint density at radius 2 is 2.58 bits per heavy atom. The predicted octanol–water partition coefficient (Wildman–Crippen LogP) is 2.36. The van der Waals surface area contributed by atoms with Crippen LogP contribution in [0.2, 0.25) is 0 Å². The van der Waals surface area contributed by atoms with Crippen LogP contribution in [0.3, 0.4) is 0 Å². The lowest BCUT2D eigenvalue weighted by molar-refractivity contribution is -0.134. The SMILES string of the molecule is CC(S)CC(=O)Oc1cccs1. The lowest BCUT2D eigenvalue weighted by atomic mass is 10.3. The molecule has 66 valence electrons. The third-order valence-corrected chi connectivity index (χ3v) is 2.10. The molecule has 2 nitrogen and oxygen atoms in total. The molecule has 0 aliphatic heterocycles. The van der Waals surface area contributed by atoms with Crippen molar-refractivity contribution < 1.29 is 9.53 Å². The molecule has 0 spiro atoms. The minimum atomic E-state index is -0.222. The Kier molecular flexibility index (Phi) is 3.62. The Morgan fingerprint density at radius 1 is 1.83 bits per heavy atom. The second-order valence-electron chi connectivity index (χ2n) is 2.46. The summed E-state index contributed by atoms with van der Waals surface area (Å²) in [7, 11) is 0. The molecule has 12 heavy (non-hydrogen) atoms. The Labute approximate surface area is 81.0 Å². The Balaban J connectivity index is 2.37. The number of hydrogen-bond acceptors (Lipinski definition) is 4. The van der Waals surface area contributed by atoms with Crippen LogP contribution in [0.4, 0.5) is 0 Å². The zero-order chi connectivity index (χ0) is 8.97. The number of ether oxygens (including phenoxy) is 1. The zero-order valence-corrected chi connectivity index (χ0v) is 8.40. The molecule has 1 heterocycles. The number of rotatable bonds is 3. The van der Waals surface area contributed by atoms with Crippen molar-refractivity contribution in [3.8, 4) is 5.06 Å². The van der Waals surface area contributed by atoms with Crippen LogP contribution in [0.1, 0.15) is 13.3 Å². The maximum atomic E-state index is 11.1. The van der Waals surface area contributed by atoms with Gasteiger partial charge in [-0.1, -0.05) is 6.92 Å². The maximum Gasteiger partial charge on any atom is 0.313 e. The van der Waals surface area contributed by atoms with Gasteiger partial charge in [0.1, 0.15) is 0 Å². The van der Waals surface area contributed by atoms with E-state index in [1.165, 1.54) is 11.3 Å². The number of hydrogen-bond donors (Lipinski definition) is 1. The van der Waals surface area contributed by atoms with Crippen molar-refractivity contribution in [2.45, 2.75) is 18.6 Å². The molecule has 0 aliphatic rings. The van der Waals surface area contributed by atoms with Crippen molar-refractivity contribution in [2.24, 2.45) is 0 Å². The van der Waals surface area contributed by atoms with Gasteiger partial charge in [-0.3, -0.25) is 4.79 Å². The molecule has 1 unspecified atom stereocenters. The van der Waals surface area contributed by atoms with E-state index in [0.29, 0.717) is 11.5 Å². The fraction of sp³-hybridized carbons (Fsp3) is 0.375. The predicted molar refractivity (Wildman–Crippen MR) is 53.0 cm³/mol. The molecule has 1 rings (SSSR count). The number of carbonyl (C=O) groups is 1. The van der Waals surface area contributed by atoms with Gasteiger partial charge in [0.25, 0.3) is 0 Å². The van der Waals surface area contributed by atoms with Crippen molar-refractivity contribution >= 4 is 29.9 Å². The molecule has 0 amide bonds. The molecule has 0 aliphatic carbocycles. The zero-order valence-electron chi connectivity index (χ0n) is 6.69. The Morgan fingerprint density at radius 3 is 3.08 bits per heavy atom. The third kappa shape index (κ3) is 3.28. The fourth-order valence-electron chi connectivity index (χ4n) is 0.717. The van der Waals surface area contributed by atoms with Crippen LogP contribution in [0, 0.1) is 0 Å². The van der Waals surface area contributed by atoms with Gasteiger partial charge in [0.05, 0.1) is 6.42 Å². The van der Waals surface area contributed by atoms with Crippen LogP contribution in [-0.4, -0.2) is 11.2 Å². The van der Waals surface area contributed by atoms with Crippen molar-refractivity contribution in [3.63, 3.8) is 0 Å². The van der Waals surface area contributed by atoms with Crippen molar-refractivity contribution in [3.05, 3.63) is 17.5 Å². The second kappa shape index (κ2) is 4.52. The van der Waals surface area contributed by atoms with Gasteiger partial charge in [-0.25, -0.2) is 0 Å². The summed E-state index contributed by atoms with van der Waals surface area (Å²) in [5.74, 6) is -0.222. The van der Waals surface area contributed by atoms with Crippen molar-refractivity contribution in [1.29, 1.82) is 0 Å². The first kappa shape index (κ1) is 9.61. The van der Waals surface area contributed by atoms with Gasteiger partial charge in [-0.2, -0.15) is 12.6 Å². The molecular formula is C8H10O2S2. The summed E-state index contributed by atoms with van der Waals surface area (Å²) < 4.78 is 5.00. The summed E-state index contributed by atoms with van der Waals surface area (Å²) in [4.78, 5) is 11.1. The van der Waals surface area contributed by atoms with E-state index in [4.69, 9.17) is 4.74 Å². The minimum Gasteiger partial charge on any atom is -0.415 e. The van der Waals surface area contributed by atoms with Crippen LogP contribution < -0.4 is 4.74 Å². The van der Waals surface area contributed by atoms with E-state index >= 15 is 0 Å². The van der Waals surface area contributed by atoms with Crippen molar-refractivity contribution in [2.75, 3.05) is 0 Å². The molecule has 0 fully saturated rings. The molecule has 0 N–H and O–H groups in total. The molecule has 0 bridgehead atoms. The molecule has 4 heteroatoms. The average molecular weight is 202 g/mol. The van der Waals surface area contributed by atoms with Gasteiger partial charge in [-0.15, -0.1) is 11.3 Å². The average Bonchev–Trinajstić information content (AvgIpc) is 2.37. The van der Waals surface area contributed by atoms with Crippen LogP contribution in [0.15, 0.2) is 17.5 Å². The fourth-order valence-corrected chi connectivity index (χ4v) is 1.46. The number of thiophene rings is 1. The lowest BCUT2D eigenvalue weighted by Gasteiger charge is -2.02. The van der Waals surface area contributed by atoms with E-state index < -0.39 is 0 Å². The standard InChI is InChI=1S/C8H10O2S2/c1-6(11)5-7(9)10-8-3-2-4-12-8/h2-4,6,11H,5H2,1H3. The monoisotopic (exact) mass is 202 g/mol. The second-order valence-corrected chi connectivity index (χ2v) is 4.25. The number of thiol groups is 1. The summed E-state index contributed by atoms with van der Waals surface area (Å²) >= 11 is 5.50. The molecule has 0 radical (unpaired) electrons. The minimum absolute atomic E-state index is 0.0532. The van der Waals surface area contributed by atoms with Crippen LogP contribution in [0.5, 0.6) is 5.06 Å². The summed E-state index contributed by atoms with van der Waals surface area (Å²) in [5.41, 5.74) is 0. The highest BCUT2D eigenvalue weighted by atomic mass is 32.1. The molecular weight excluding hydrogens is 192 g/mol. The first-order valence-corrected chi connectivity index (χ1v) is 5.00. The molecule has 0 aromatic carbocycles. The smallest absolute Gasteiger partial charge is 0.313 e. The van der Waals surface area contributed by atoms with E-state index in [9.17, 15) is 4.79 Å². The van der Waals surface area contributed by atoms with Gasteiger partial charge in [-0.05, 0) is 17.5 Å². The van der Waals surface area contributed by atoms with Gasteiger partial charge in [0.2, 0.25) is 0 Å². The molecule has 1 aromatic rings. The highest BCUT2D eigenvalue weighted by molar-refractivity contribution is 7.80. The topological polar surface area (TPSA) is 26.3 Å². The van der Waals surface area contributed by atoms with E-state index in [2.05, 4.69) is 12.6 Å². The Bertz CT molecular complexity index is 242. The van der Waals surface area contributed by atoms with Crippen LogP contribution >= 0.6 is 24.0 Å². The highest BCUT2D eigenvalue weighted by Gasteiger charge is 2.07. The van der Waals surface area contributed by atoms with E-state index in [0.717, 1.165) is 0 Å². The largest absolute Gasteiger partial charge is 0.415 e. The third-order valence-electron chi connectivity index (χ3n) is 1.17. The van der Waals surface area contributed by atoms with Crippen LogP contribution in [0.25, 0.3) is 0 Å². The molecule has 1 atom stereocenters. The van der Waals surface area contributed by atoms with Crippen LogP contribution in [-0.2, 0) is 4.79 Å². The van der Waals surface area contributed by atoms with Gasteiger partial charge >= 0.3 is 5.97 Å². The molecule has 1 aromatic heterocycles. The van der Waals surface area contributed by atoms with E-state index in [1.807, 2.05) is 18.4 Å².